The highest BCUT2D eigenvalue weighted by molar-refractivity contribution is 6.60. The maximum absolute atomic E-state index is 13.0. The second-order valence-electron chi connectivity index (χ2n) is 10.3. The molecule has 1 aromatic heterocycles. The molecule has 0 saturated carbocycles. The normalized spacial score (nSPS) is 15.8. The van der Waals surface area contributed by atoms with Crippen LogP contribution in [0.1, 0.15) is 104 Å². The molecule has 2 aromatic rings. The van der Waals surface area contributed by atoms with Crippen molar-refractivity contribution in [3.63, 3.8) is 0 Å². The molecule has 7 nitrogen and oxygen atoms in total. The Hall–Kier alpha value is -1.71. The van der Waals surface area contributed by atoms with Crippen molar-refractivity contribution in [3.8, 4) is 5.75 Å². The molecule has 0 radical (unpaired) electrons. The summed E-state index contributed by atoms with van der Waals surface area (Å²) in [7, 11) is -2.52. The van der Waals surface area contributed by atoms with Gasteiger partial charge in [0.2, 0.25) is 0 Å². The van der Waals surface area contributed by atoms with Crippen molar-refractivity contribution in [3.05, 3.63) is 40.2 Å². The van der Waals surface area contributed by atoms with Crippen LogP contribution in [-0.2, 0) is 24.6 Å². The molecular formula is C31H51NO6Si. The van der Waals surface area contributed by atoms with E-state index in [-0.39, 0.29) is 11.7 Å². The van der Waals surface area contributed by atoms with Gasteiger partial charge in [-0.05, 0) is 70.6 Å². The van der Waals surface area contributed by atoms with Gasteiger partial charge in [-0.25, -0.2) is 0 Å². The van der Waals surface area contributed by atoms with Gasteiger partial charge in [0, 0.05) is 50.5 Å². The predicted octanol–water partition coefficient (Wildman–Crippen LogP) is 7.42. The van der Waals surface area contributed by atoms with Crippen LogP contribution in [-0.4, -0.2) is 46.4 Å². The fourth-order valence-electron chi connectivity index (χ4n) is 5.41. The van der Waals surface area contributed by atoms with E-state index in [1.54, 1.807) is 6.07 Å². The van der Waals surface area contributed by atoms with Gasteiger partial charge in [0.25, 0.3) is 5.56 Å². The number of rotatable bonds is 20. The highest BCUT2D eigenvalue weighted by Gasteiger charge is 2.39. The van der Waals surface area contributed by atoms with Crippen LogP contribution in [0.25, 0.3) is 10.9 Å². The highest BCUT2D eigenvalue weighted by atomic mass is 28.4. The molecule has 1 atom stereocenters. The maximum Gasteiger partial charge on any atom is 0.500 e. The summed E-state index contributed by atoms with van der Waals surface area (Å²) in [5.74, 6) is 0.701. The number of benzene rings is 1. The van der Waals surface area contributed by atoms with Crippen LogP contribution in [0.5, 0.6) is 5.75 Å². The van der Waals surface area contributed by atoms with E-state index >= 15 is 0 Å². The number of unbranched alkanes of at least 4 members (excludes halogenated alkanes) is 6. The molecule has 0 amide bonds. The molecule has 0 spiro atoms. The van der Waals surface area contributed by atoms with Gasteiger partial charge in [0.15, 0.2) is 0 Å². The lowest BCUT2D eigenvalue weighted by Crippen LogP contribution is -2.45. The third-order valence-corrected chi connectivity index (χ3v) is 10.5. The first-order valence-electron chi connectivity index (χ1n) is 15.4. The number of aryl methyl sites for hydroxylation is 1. The summed E-state index contributed by atoms with van der Waals surface area (Å²) in [4.78, 5) is 13.0. The van der Waals surface area contributed by atoms with Crippen LogP contribution in [0.2, 0.25) is 6.04 Å². The van der Waals surface area contributed by atoms with E-state index in [9.17, 15) is 4.79 Å². The van der Waals surface area contributed by atoms with Crippen molar-refractivity contribution in [2.75, 3.05) is 33.0 Å². The summed E-state index contributed by atoms with van der Waals surface area (Å²) in [6.45, 7) is 12.2. The first-order chi connectivity index (χ1) is 19.1. The largest absolute Gasteiger partial charge is 0.500 e. The van der Waals surface area contributed by atoms with E-state index in [2.05, 4.69) is 25.1 Å². The minimum atomic E-state index is -2.52. The first-order valence-corrected chi connectivity index (χ1v) is 17.3. The molecule has 1 unspecified atom stereocenters. The Morgan fingerprint density at radius 2 is 1.59 bits per heavy atom. The Balaban J connectivity index is 1.51. The molecule has 3 rings (SSSR count). The van der Waals surface area contributed by atoms with Gasteiger partial charge >= 0.3 is 8.80 Å². The molecule has 0 N–H and O–H groups in total. The fourth-order valence-corrected chi connectivity index (χ4v) is 8.10. The average molecular weight is 562 g/mol. The van der Waals surface area contributed by atoms with Crippen LogP contribution in [0.3, 0.4) is 0 Å². The van der Waals surface area contributed by atoms with E-state index < -0.39 is 8.80 Å². The van der Waals surface area contributed by atoms with Crippen molar-refractivity contribution in [1.29, 1.82) is 0 Å². The quantitative estimate of drug-likeness (QED) is 0.124. The number of hydrogen-bond donors (Lipinski definition) is 0. The molecule has 1 aliphatic heterocycles. The smallest absolute Gasteiger partial charge is 0.493 e. The van der Waals surface area contributed by atoms with Gasteiger partial charge in [-0.1, -0.05) is 45.1 Å². The summed E-state index contributed by atoms with van der Waals surface area (Å²) >= 11 is 0. The molecule has 1 fully saturated rings. The van der Waals surface area contributed by atoms with Crippen LogP contribution in [0.15, 0.2) is 29.1 Å². The lowest BCUT2D eigenvalue weighted by molar-refractivity contribution is 0.0706. The van der Waals surface area contributed by atoms with Crippen LogP contribution in [0, 0.1) is 0 Å². The van der Waals surface area contributed by atoms with Crippen molar-refractivity contribution in [2.24, 2.45) is 0 Å². The summed E-state index contributed by atoms with van der Waals surface area (Å²) in [6.07, 6.45) is 10.9. The van der Waals surface area contributed by atoms with Crippen molar-refractivity contribution >= 4 is 19.7 Å². The zero-order chi connectivity index (χ0) is 27.9. The molecule has 1 saturated heterocycles. The third kappa shape index (κ3) is 9.42. The second kappa shape index (κ2) is 17.2. The lowest BCUT2D eigenvalue weighted by Gasteiger charge is -2.28. The number of aromatic nitrogens is 1. The molecule has 0 aliphatic carbocycles. The Morgan fingerprint density at radius 1 is 0.897 bits per heavy atom. The van der Waals surface area contributed by atoms with Crippen LogP contribution >= 0.6 is 0 Å². The van der Waals surface area contributed by atoms with Crippen molar-refractivity contribution in [2.45, 2.75) is 111 Å². The number of hydrogen-bond acceptors (Lipinski definition) is 6. The minimum absolute atomic E-state index is 0.0154. The Bertz CT molecular complexity index is 1020. The molecule has 1 aliphatic rings. The van der Waals surface area contributed by atoms with Gasteiger partial charge < -0.3 is 27.3 Å². The van der Waals surface area contributed by atoms with E-state index in [0.29, 0.717) is 32.2 Å². The molecule has 0 bridgehead atoms. The van der Waals surface area contributed by atoms with Gasteiger partial charge in [-0.2, -0.15) is 0 Å². The average Bonchev–Trinajstić information content (AvgIpc) is 3.47. The number of ether oxygens (including phenoxy) is 2. The Morgan fingerprint density at radius 3 is 2.23 bits per heavy atom. The molecule has 220 valence electrons. The lowest BCUT2D eigenvalue weighted by atomic mass is 10.0. The van der Waals surface area contributed by atoms with Crippen LogP contribution in [0.4, 0.5) is 0 Å². The summed E-state index contributed by atoms with van der Waals surface area (Å²) in [5.41, 5.74) is 2.15. The first kappa shape index (κ1) is 31.8. The monoisotopic (exact) mass is 561 g/mol. The Labute approximate surface area is 236 Å². The van der Waals surface area contributed by atoms with E-state index in [1.807, 2.05) is 25.3 Å². The number of nitrogens with zero attached hydrogens (tertiary/aromatic N) is 1. The van der Waals surface area contributed by atoms with Gasteiger partial charge in [-0.15, -0.1) is 0 Å². The Kier molecular flexibility index (Phi) is 14.0. The molecule has 1 aromatic carbocycles. The standard InChI is InChI=1S/C31H51NO6Si/c1-5-9-20-32-28-19-18-26(29-17-16-22-34-29)24-27(28)30(25-31(32)33)35-21-14-12-10-11-13-15-23-39(36-6-2,37-7-3)38-8-4/h18-19,24-25,29H,5-17,20-23H2,1-4H3. The zero-order valence-corrected chi connectivity index (χ0v) is 25.8. The second-order valence-corrected chi connectivity index (χ2v) is 13.1. The summed E-state index contributed by atoms with van der Waals surface area (Å²) in [5, 5.41) is 1.02. The van der Waals surface area contributed by atoms with Crippen LogP contribution < -0.4 is 10.3 Å². The summed E-state index contributed by atoms with van der Waals surface area (Å²) < 4.78 is 31.9. The molecule has 2 heterocycles. The number of fused-ring (bicyclic) bond motifs is 1. The van der Waals surface area contributed by atoms with Crippen molar-refractivity contribution in [1.82, 2.24) is 4.57 Å². The van der Waals surface area contributed by atoms with E-state index in [1.165, 1.54) is 18.4 Å². The minimum Gasteiger partial charge on any atom is -0.493 e. The predicted molar refractivity (Wildman–Crippen MR) is 160 cm³/mol. The van der Waals surface area contributed by atoms with Gasteiger partial charge in [-0.3, -0.25) is 4.79 Å². The van der Waals surface area contributed by atoms with E-state index in [0.717, 1.165) is 81.5 Å². The zero-order valence-electron chi connectivity index (χ0n) is 24.8. The molecule has 8 heteroatoms. The van der Waals surface area contributed by atoms with E-state index in [4.69, 9.17) is 22.8 Å². The molecule has 39 heavy (non-hydrogen) atoms. The third-order valence-electron chi connectivity index (χ3n) is 7.36. The fraction of sp³-hybridized carbons (Fsp3) is 0.710. The number of pyridine rings is 1. The SMILES string of the molecule is CCCCn1c(=O)cc(OCCCCCCCC[Si](OCC)(OCC)OCC)c2cc(C3CCCO3)ccc21. The highest BCUT2D eigenvalue weighted by Crippen LogP contribution is 2.33. The topological polar surface area (TPSA) is 68.2 Å². The maximum atomic E-state index is 13.0. The molecular weight excluding hydrogens is 510 g/mol. The van der Waals surface area contributed by atoms with Gasteiger partial charge in [0.1, 0.15) is 5.75 Å². The summed E-state index contributed by atoms with van der Waals surface area (Å²) in [6, 6.07) is 8.95. The van der Waals surface area contributed by atoms with Gasteiger partial charge in [0.05, 0.1) is 18.2 Å². The van der Waals surface area contributed by atoms with Crippen molar-refractivity contribution < 1.29 is 22.8 Å².